The van der Waals surface area contributed by atoms with Crippen molar-refractivity contribution in [3.8, 4) is 6.07 Å². The van der Waals surface area contributed by atoms with Crippen LogP contribution in [0.4, 0.5) is 5.00 Å². The lowest BCUT2D eigenvalue weighted by molar-refractivity contribution is -0.113. The lowest BCUT2D eigenvalue weighted by atomic mass is 10.1. The lowest BCUT2D eigenvalue weighted by Gasteiger charge is -2.07. The summed E-state index contributed by atoms with van der Waals surface area (Å²) in [6, 6.07) is 1.84. The predicted octanol–water partition coefficient (Wildman–Crippen LogP) is 2.79. The van der Waals surface area contributed by atoms with Gasteiger partial charge in [0.15, 0.2) is 5.16 Å². The van der Waals surface area contributed by atoms with Crippen LogP contribution < -0.4 is 10.9 Å². The zero-order valence-electron chi connectivity index (χ0n) is 16.0. The van der Waals surface area contributed by atoms with E-state index in [0.717, 1.165) is 22.2 Å². The highest BCUT2D eigenvalue weighted by atomic mass is 32.2. The minimum atomic E-state index is -0.522. The van der Waals surface area contributed by atoms with Gasteiger partial charge in [-0.2, -0.15) is 5.26 Å². The lowest BCUT2D eigenvalue weighted by Crippen LogP contribution is -2.19. The average Bonchev–Trinajstić information content (AvgIpc) is 2.93. The van der Waals surface area contributed by atoms with Gasteiger partial charge in [-0.05, 0) is 32.8 Å². The van der Waals surface area contributed by atoms with Gasteiger partial charge in [0.2, 0.25) is 5.91 Å². The highest BCUT2D eigenvalue weighted by molar-refractivity contribution is 7.99. The molecular formula is C18H20N4O4S2. The maximum absolute atomic E-state index is 12.4. The molecule has 0 bridgehead atoms. The third-order valence-electron chi connectivity index (χ3n) is 3.88. The molecule has 0 fully saturated rings. The average molecular weight is 421 g/mol. The number of carbonyl (C=O) groups excluding carboxylic acids is 2. The molecule has 2 N–H and O–H groups in total. The number of aryl methyl sites for hydroxylation is 2. The van der Waals surface area contributed by atoms with Crippen molar-refractivity contribution in [1.82, 2.24) is 9.97 Å². The summed E-state index contributed by atoms with van der Waals surface area (Å²) in [4.78, 5) is 44.1. The van der Waals surface area contributed by atoms with Crippen molar-refractivity contribution in [2.45, 2.75) is 39.3 Å². The van der Waals surface area contributed by atoms with E-state index in [1.807, 2.05) is 13.0 Å². The Labute approximate surface area is 170 Å². The zero-order valence-corrected chi connectivity index (χ0v) is 17.6. The molecule has 0 saturated carbocycles. The quantitative estimate of drug-likeness (QED) is 0.401. The normalized spacial score (nSPS) is 10.4. The number of nitrogens with zero attached hydrogens (tertiary/aromatic N) is 2. The number of amides is 1. The molecule has 0 radical (unpaired) electrons. The van der Waals surface area contributed by atoms with Crippen LogP contribution in [0.15, 0.2) is 9.95 Å². The van der Waals surface area contributed by atoms with E-state index in [1.54, 1.807) is 20.8 Å². The number of hydrogen-bond donors (Lipinski definition) is 2. The van der Waals surface area contributed by atoms with Crippen LogP contribution in [0.3, 0.4) is 0 Å². The fourth-order valence-electron chi connectivity index (χ4n) is 2.40. The van der Waals surface area contributed by atoms with Crippen molar-refractivity contribution in [1.29, 1.82) is 5.26 Å². The molecule has 28 heavy (non-hydrogen) atoms. The molecule has 0 aliphatic rings. The number of aromatic nitrogens is 2. The van der Waals surface area contributed by atoms with Crippen molar-refractivity contribution in [3.05, 3.63) is 37.6 Å². The number of thioether (sulfide) groups is 1. The van der Waals surface area contributed by atoms with Gasteiger partial charge in [-0.3, -0.25) is 9.59 Å². The summed E-state index contributed by atoms with van der Waals surface area (Å²) in [7, 11) is 0. The van der Waals surface area contributed by atoms with Gasteiger partial charge in [-0.1, -0.05) is 18.7 Å². The monoisotopic (exact) mass is 420 g/mol. The van der Waals surface area contributed by atoms with Crippen LogP contribution in [0.2, 0.25) is 0 Å². The Morgan fingerprint density at radius 1 is 1.36 bits per heavy atom. The summed E-state index contributed by atoms with van der Waals surface area (Å²) in [5.41, 5.74) is 0.993. The first kappa shape index (κ1) is 21.7. The number of thiophene rings is 1. The molecule has 148 valence electrons. The number of ether oxygens (including phenoxy) is 1. The number of nitriles is 1. The van der Waals surface area contributed by atoms with Gasteiger partial charge in [-0.25, -0.2) is 9.78 Å². The van der Waals surface area contributed by atoms with Crippen LogP contribution in [0.5, 0.6) is 0 Å². The van der Waals surface area contributed by atoms with Gasteiger partial charge in [0.1, 0.15) is 16.6 Å². The van der Waals surface area contributed by atoms with E-state index in [1.165, 1.54) is 11.3 Å². The van der Waals surface area contributed by atoms with Gasteiger partial charge >= 0.3 is 5.97 Å². The van der Waals surface area contributed by atoms with E-state index in [0.29, 0.717) is 22.7 Å². The first-order valence-electron chi connectivity index (χ1n) is 8.55. The van der Waals surface area contributed by atoms with E-state index in [-0.39, 0.29) is 29.0 Å². The molecule has 2 heterocycles. The number of hydrogen-bond acceptors (Lipinski definition) is 8. The van der Waals surface area contributed by atoms with Crippen LogP contribution >= 0.6 is 23.1 Å². The second kappa shape index (κ2) is 9.52. The molecule has 0 aromatic carbocycles. The van der Waals surface area contributed by atoms with Crippen LogP contribution in [0, 0.1) is 25.2 Å². The SMILES string of the molecule is CCOC(=O)c1c(NC(=O)CSc2nc(CC)c(C#N)c(=O)[nH]2)sc(C)c1C. The van der Waals surface area contributed by atoms with E-state index in [4.69, 9.17) is 10.00 Å². The molecule has 2 rings (SSSR count). The summed E-state index contributed by atoms with van der Waals surface area (Å²) in [6.45, 7) is 7.43. The molecule has 0 atom stereocenters. The summed E-state index contributed by atoms with van der Waals surface area (Å²) in [5, 5.41) is 12.5. The Morgan fingerprint density at radius 2 is 2.07 bits per heavy atom. The third-order valence-corrected chi connectivity index (χ3v) is 5.87. The van der Waals surface area contributed by atoms with Gasteiger partial charge in [0.25, 0.3) is 5.56 Å². The molecule has 2 aromatic rings. The maximum Gasteiger partial charge on any atom is 0.341 e. The van der Waals surface area contributed by atoms with E-state index in [2.05, 4.69) is 15.3 Å². The van der Waals surface area contributed by atoms with E-state index in [9.17, 15) is 14.4 Å². The second-order valence-electron chi connectivity index (χ2n) is 5.70. The number of aromatic amines is 1. The molecule has 0 aliphatic carbocycles. The smallest absolute Gasteiger partial charge is 0.341 e. The first-order valence-corrected chi connectivity index (χ1v) is 10.4. The Kier molecular flexibility index (Phi) is 7.37. The zero-order chi connectivity index (χ0) is 20.8. The van der Waals surface area contributed by atoms with Gasteiger partial charge in [0.05, 0.1) is 23.6 Å². The van der Waals surface area contributed by atoms with Crippen molar-refractivity contribution in [2.24, 2.45) is 0 Å². The molecule has 10 heteroatoms. The molecule has 0 aliphatic heterocycles. The highest BCUT2D eigenvalue weighted by Gasteiger charge is 2.22. The van der Waals surface area contributed by atoms with Crippen LogP contribution in [0.25, 0.3) is 0 Å². The number of nitrogens with one attached hydrogen (secondary N) is 2. The van der Waals surface area contributed by atoms with Gasteiger partial charge in [0, 0.05) is 4.88 Å². The molecule has 2 aromatic heterocycles. The van der Waals surface area contributed by atoms with Crippen molar-refractivity contribution in [2.75, 3.05) is 17.7 Å². The number of esters is 1. The van der Waals surface area contributed by atoms with Gasteiger partial charge < -0.3 is 15.0 Å². The largest absolute Gasteiger partial charge is 0.462 e. The molecule has 1 amide bonds. The summed E-state index contributed by atoms with van der Waals surface area (Å²) in [5.74, 6) is -0.837. The van der Waals surface area contributed by atoms with Crippen LogP contribution in [-0.4, -0.2) is 34.2 Å². The number of H-pyrrole nitrogens is 1. The third kappa shape index (κ3) is 4.79. The van der Waals surface area contributed by atoms with Crippen LogP contribution in [-0.2, 0) is 16.0 Å². The fraction of sp³-hybridized carbons (Fsp3) is 0.389. The molecule has 8 nitrogen and oxygen atoms in total. The van der Waals surface area contributed by atoms with Crippen molar-refractivity contribution < 1.29 is 14.3 Å². The first-order chi connectivity index (χ1) is 13.3. The van der Waals surface area contributed by atoms with Gasteiger partial charge in [-0.15, -0.1) is 11.3 Å². The fourth-order valence-corrected chi connectivity index (χ4v) is 4.14. The molecule has 0 saturated heterocycles. The maximum atomic E-state index is 12.4. The number of carbonyl (C=O) groups is 2. The topological polar surface area (TPSA) is 125 Å². The number of rotatable bonds is 7. The van der Waals surface area contributed by atoms with Crippen LogP contribution in [0.1, 0.15) is 45.9 Å². The Bertz CT molecular complexity index is 1000. The van der Waals surface area contributed by atoms with Crippen molar-refractivity contribution in [3.63, 3.8) is 0 Å². The molecule has 0 spiro atoms. The Balaban J connectivity index is 2.13. The summed E-state index contributed by atoms with van der Waals surface area (Å²) >= 11 is 2.35. The second-order valence-corrected chi connectivity index (χ2v) is 7.89. The predicted molar refractivity (Wildman–Crippen MR) is 108 cm³/mol. The molecular weight excluding hydrogens is 400 g/mol. The Hall–Kier alpha value is -2.64. The van der Waals surface area contributed by atoms with E-state index < -0.39 is 11.5 Å². The Morgan fingerprint density at radius 3 is 2.68 bits per heavy atom. The minimum absolute atomic E-state index is 0.0140. The standard InChI is InChI=1S/C18H20N4O4S2/c1-5-12-11(7-19)15(24)22-18(20-12)27-8-13(23)21-16-14(17(25)26-6-2)9(3)10(4)28-16/h5-6,8H2,1-4H3,(H,21,23)(H,20,22,24). The highest BCUT2D eigenvalue weighted by Crippen LogP contribution is 2.33. The van der Waals surface area contributed by atoms with Crippen molar-refractivity contribution >= 4 is 40.0 Å². The molecule has 0 unspecified atom stereocenters. The summed E-state index contributed by atoms with van der Waals surface area (Å²) < 4.78 is 5.07. The summed E-state index contributed by atoms with van der Waals surface area (Å²) in [6.07, 6.45) is 0.434. The number of anilines is 1. The van der Waals surface area contributed by atoms with E-state index >= 15 is 0 Å². The minimum Gasteiger partial charge on any atom is -0.462 e.